The lowest BCUT2D eigenvalue weighted by Gasteiger charge is -2.34. The molecular formula is C17H17NO4. The topological polar surface area (TPSA) is 71.7 Å². The van der Waals surface area contributed by atoms with Crippen LogP contribution in [0.3, 0.4) is 0 Å². The van der Waals surface area contributed by atoms with E-state index in [1.807, 2.05) is 24.3 Å². The van der Waals surface area contributed by atoms with Gasteiger partial charge in [0.25, 0.3) is 0 Å². The number of aliphatic hydroxyl groups is 1. The second-order valence-electron chi connectivity index (χ2n) is 5.19. The van der Waals surface area contributed by atoms with Crippen LogP contribution in [-0.4, -0.2) is 24.2 Å². The van der Waals surface area contributed by atoms with Gasteiger partial charge in [-0.15, -0.1) is 0 Å². The standard InChI is InChI=1S/C17H17NO4/c19-16(8-7-13-4-3-10-21-13)18-12-17(20)9-11-22-15-6-2-1-5-14(15)17/h1-8,10,20H,9,11-12H2,(H,18,19)/b8-7+/t17-/m1/s1. The maximum atomic E-state index is 11.9. The molecule has 1 aromatic heterocycles. The Morgan fingerprint density at radius 2 is 2.18 bits per heavy atom. The predicted molar refractivity (Wildman–Crippen MR) is 81.2 cm³/mol. The zero-order valence-corrected chi connectivity index (χ0v) is 12.0. The molecule has 0 spiro atoms. The van der Waals surface area contributed by atoms with Crippen LogP contribution in [0.1, 0.15) is 17.7 Å². The summed E-state index contributed by atoms with van der Waals surface area (Å²) in [6.45, 7) is 0.556. The van der Waals surface area contributed by atoms with Crippen LogP contribution in [0.15, 0.2) is 53.2 Å². The number of carbonyl (C=O) groups is 1. The van der Waals surface area contributed by atoms with Gasteiger partial charge in [-0.3, -0.25) is 4.79 Å². The van der Waals surface area contributed by atoms with Crippen LogP contribution in [0, 0.1) is 0 Å². The molecule has 0 bridgehead atoms. The molecule has 5 heteroatoms. The minimum Gasteiger partial charge on any atom is -0.493 e. The summed E-state index contributed by atoms with van der Waals surface area (Å²) in [4.78, 5) is 11.9. The Morgan fingerprint density at radius 3 is 3.00 bits per heavy atom. The van der Waals surface area contributed by atoms with Crippen molar-refractivity contribution >= 4 is 12.0 Å². The molecule has 1 atom stereocenters. The normalized spacial score (nSPS) is 20.4. The van der Waals surface area contributed by atoms with E-state index in [1.165, 1.54) is 6.08 Å². The molecule has 0 saturated heterocycles. The average molecular weight is 299 g/mol. The van der Waals surface area contributed by atoms with Crippen molar-refractivity contribution in [3.05, 3.63) is 60.1 Å². The molecule has 114 valence electrons. The van der Waals surface area contributed by atoms with Crippen molar-refractivity contribution < 1.29 is 19.1 Å². The van der Waals surface area contributed by atoms with E-state index >= 15 is 0 Å². The second-order valence-corrected chi connectivity index (χ2v) is 5.19. The SMILES string of the molecule is O=C(/C=C/c1ccco1)NC[C@]1(O)CCOc2ccccc21. The van der Waals surface area contributed by atoms with Crippen molar-refractivity contribution in [1.82, 2.24) is 5.32 Å². The largest absolute Gasteiger partial charge is 0.493 e. The van der Waals surface area contributed by atoms with Crippen LogP contribution in [0.4, 0.5) is 0 Å². The van der Waals surface area contributed by atoms with Crippen LogP contribution in [0.2, 0.25) is 0 Å². The van der Waals surface area contributed by atoms with Gasteiger partial charge in [-0.05, 0) is 24.3 Å². The Balaban J connectivity index is 1.65. The summed E-state index contributed by atoms with van der Waals surface area (Å²) in [5.41, 5.74) is -0.403. The molecule has 5 nitrogen and oxygen atoms in total. The molecule has 1 amide bonds. The van der Waals surface area contributed by atoms with E-state index in [0.717, 1.165) is 0 Å². The summed E-state index contributed by atoms with van der Waals surface area (Å²) < 4.78 is 10.6. The summed E-state index contributed by atoms with van der Waals surface area (Å²) in [7, 11) is 0. The van der Waals surface area contributed by atoms with Crippen LogP contribution in [-0.2, 0) is 10.4 Å². The summed E-state index contributed by atoms with van der Waals surface area (Å²) in [6.07, 6.45) is 4.94. The van der Waals surface area contributed by atoms with E-state index in [0.29, 0.717) is 30.1 Å². The number of carbonyl (C=O) groups excluding carboxylic acids is 1. The maximum absolute atomic E-state index is 11.9. The zero-order valence-electron chi connectivity index (χ0n) is 12.0. The highest BCUT2D eigenvalue weighted by Gasteiger charge is 2.35. The molecule has 0 fully saturated rings. The molecule has 2 aromatic rings. The summed E-state index contributed by atoms with van der Waals surface area (Å²) >= 11 is 0. The number of hydrogen-bond donors (Lipinski definition) is 2. The third kappa shape index (κ3) is 3.04. The lowest BCUT2D eigenvalue weighted by Crippen LogP contribution is -2.43. The molecule has 0 unspecified atom stereocenters. The van der Waals surface area contributed by atoms with E-state index in [-0.39, 0.29) is 12.5 Å². The van der Waals surface area contributed by atoms with Gasteiger partial charge in [0.05, 0.1) is 19.4 Å². The van der Waals surface area contributed by atoms with Crippen molar-refractivity contribution in [3.63, 3.8) is 0 Å². The number of furan rings is 1. The van der Waals surface area contributed by atoms with Gasteiger partial charge in [0.2, 0.25) is 5.91 Å². The first kappa shape index (κ1) is 14.4. The van der Waals surface area contributed by atoms with Crippen molar-refractivity contribution in [1.29, 1.82) is 0 Å². The Bertz CT molecular complexity index is 678. The predicted octanol–water partition coefficient (Wildman–Crippen LogP) is 2.08. The summed E-state index contributed by atoms with van der Waals surface area (Å²) in [5, 5.41) is 13.5. The average Bonchev–Trinajstić information content (AvgIpc) is 3.05. The molecular weight excluding hydrogens is 282 g/mol. The number of fused-ring (bicyclic) bond motifs is 1. The number of rotatable bonds is 4. The molecule has 1 aromatic carbocycles. The van der Waals surface area contributed by atoms with Crippen LogP contribution >= 0.6 is 0 Å². The molecule has 0 aliphatic carbocycles. The minimum atomic E-state index is -1.11. The van der Waals surface area contributed by atoms with Gasteiger partial charge in [-0.2, -0.15) is 0 Å². The quantitative estimate of drug-likeness (QED) is 0.848. The van der Waals surface area contributed by atoms with Gasteiger partial charge in [-0.1, -0.05) is 18.2 Å². The maximum Gasteiger partial charge on any atom is 0.244 e. The molecule has 2 heterocycles. The highest BCUT2D eigenvalue weighted by atomic mass is 16.5. The molecule has 1 aliphatic rings. The van der Waals surface area contributed by atoms with Gasteiger partial charge in [-0.25, -0.2) is 0 Å². The highest BCUT2D eigenvalue weighted by molar-refractivity contribution is 5.91. The van der Waals surface area contributed by atoms with Crippen molar-refractivity contribution in [3.8, 4) is 5.75 Å². The fourth-order valence-electron chi connectivity index (χ4n) is 2.46. The number of nitrogens with one attached hydrogen (secondary N) is 1. The van der Waals surface area contributed by atoms with Gasteiger partial charge >= 0.3 is 0 Å². The molecule has 3 rings (SSSR count). The van der Waals surface area contributed by atoms with Gasteiger partial charge in [0.1, 0.15) is 17.1 Å². The first-order valence-electron chi connectivity index (χ1n) is 7.11. The number of amides is 1. The van der Waals surface area contributed by atoms with E-state index in [4.69, 9.17) is 9.15 Å². The van der Waals surface area contributed by atoms with E-state index in [9.17, 15) is 9.90 Å². The lowest BCUT2D eigenvalue weighted by molar-refractivity contribution is -0.118. The van der Waals surface area contributed by atoms with Gasteiger partial charge in [0.15, 0.2) is 0 Å². The molecule has 0 radical (unpaired) electrons. The van der Waals surface area contributed by atoms with Crippen LogP contribution in [0.25, 0.3) is 6.08 Å². The Hall–Kier alpha value is -2.53. The third-order valence-electron chi connectivity index (χ3n) is 3.66. The van der Waals surface area contributed by atoms with Gasteiger partial charge < -0.3 is 19.6 Å². The first-order valence-corrected chi connectivity index (χ1v) is 7.11. The smallest absolute Gasteiger partial charge is 0.244 e. The second kappa shape index (κ2) is 6.07. The van der Waals surface area contributed by atoms with E-state index < -0.39 is 5.60 Å². The fourth-order valence-corrected chi connectivity index (χ4v) is 2.46. The molecule has 2 N–H and O–H groups in total. The van der Waals surface area contributed by atoms with Crippen LogP contribution < -0.4 is 10.1 Å². The van der Waals surface area contributed by atoms with Crippen LogP contribution in [0.5, 0.6) is 5.75 Å². The highest BCUT2D eigenvalue weighted by Crippen LogP contribution is 2.36. The molecule has 22 heavy (non-hydrogen) atoms. The number of para-hydroxylation sites is 1. The fraction of sp³-hybridized carbons (Fsp3) is 0.235. The van der Waals surface area contributed by atoms with Crippen molar-refractivity contribution in [2.45, 2.75) is 12.0 Å². The number of hydrogen-bond acceptors (Lipinski definition) is 4. The summed E-state index contributed by atoms with van der Waals surface area (Å²) in [6, 6.07) is 10.8. The third-order valence-corrected chi connectivity index (χ3v) is 3.66. The Labute approximate surface area is 128 Å². The minimum absolute atomic E-state index is 0.134. The Kier molecular flexibility index (Phi) is 3.98. The first-order chi connectivity index (χ1) is 10.7. The summed E-state index contributed by atoms with van der Waals surface area (Å²) in [5.74, 6) is 0.982. The number of ether oxygens (including phenoxy) is 1. The van der Waals surface area contributed by atoms with E-state index in [1.54, 1.807) is 24.5 Å². The zero-order chi connectivity index (χ0) is 15.4. The molecule has 1 aliphatic heterocycles. The van der Waals surface area contributed by atoms with Crippen molar-refractivity contribution in [2.75, 3.05) is 13.2 Å². The lowest BCUT2D eigenvalue weighted by atomic mass is 9.88. The van der Waals surface area contributed by atoms with E-state index in [2.05, 4.69) is 5.32 Å². The van der Waals surface area contributed by atoms with Crippen molar-refractivity contribution in [2.24, 2.45) is 0 Å². The monoisotopic (exact) mass is 299 g/mol. The number of benzene rings is 1. The van der Waals surface area contributed by atoms with Gasteiger partial charge in [0, 0.05) is 18.1 Å². The molecule has 0 saturated carbocycles. The Morgan fingerprint density at radius 1 is 1.32 bits per heavy atom.